The van der Waals surface area contributed by atoms with Gasteiger partial charge in [-0.1, -0.05) is 11.8 Å². The summed E-state index contributed by atoms with van der Waals surface area (Å²) in [6.07, 6.45) is 1.74. The lowest BCUT2D eigenvalue weighted by Crippen LogP contribution is -1.89. The van der Waals surface area contributed by atoms with Crippen molar-refractivity contribution in [3.05, 3.63) is 44.7 Å². The number of aromatic carboxylic acids is 1. The van der Waals surface area contributed by atoms with E-state index in [9.17, 15) is 4.79 Å². The largest absolute Gasteiger partial charge is 0.477 e. The Hall–Kier alpha value is -0.850. The van der Waals surface area contributed by atoms with Crippen LogP contribution < -0.4 is 0 Å². The van der Waals surface area contributed by atoms with Crippen LogP contribution in [-0.2, 0) is 5.75 Å². The average Bonchev–Trinajstić information content (AvgIpc) is 2.77. The Balaban J connectivity index is 2.02. The standard InChI is InChI=1S/C11H8BrNO2S2/c12-8-2-1-5-13-10(8)16-6-7-3-4-9(17-7)11(14)15/h1-5H,6H2,(H,14,15). The third-order valence-corrected chi connectivity index (χ3v) is 5.16. The van der Waals surface area contributed by atoms with Gasteiger partial charge < -0.3 is 5.11 Å². The van der Waals surface area contributed by atoms with Gasteiger partial charge in [-0.2, -0.15) is 0 Å². The van der Waals surface area contributed by atoms with Crippen LogP contribution in [0.2, 0.25) is 0 Å². The Bertz CT molecular complexity index is 542. The van der Waals surface area contributed by atoms with Gasteiger partial charge in [-0.25, -0.2) is 9.78 Å². The first-order valence-electron chi connectivity index (χ1n) is 4.72. The number of halogens is 1. The number of carbonyl (C=O) groups is 1. The summed E-state index contributed by atoms with van der Waals surface area (Å²) in [5, 5.41) is 9.73. The Labute approximate surface area is 115 Å². The molecule has 0 saturated heterocycles. The Morgan fingerprint density at radius 1 is 1.47 bits per heavy atom. The van der Waals surface area contributed by atoms with Crippen LogP contribution in [-0.4, -0.2) is 16.1 Å². The van der Waals surface area contributed by atoms with Gasteiger partial charge in [-0.15, -0.1) is 11.3 Å². The predicted octanol–water partition coefficient (Wildman–Crippen LogP) is 3.90. The molecule has 0 aliphatic carbocycles. The number of carboxylic acid groups (broad SMARTS) is 1. The van der Waals surface area contributed by atoms with Gasteiger partial charge in [0.15, 0.2) is 0 Å². The molecule has 0 aromatic carbocycles. The van der Waals surface area contributed by atoms with Gasteiger partial charge >= 0.3 is 5.97 Å². The maximum absolute atomic E-state index is 10.7. The Morgan fingerprint density at radius 2 is 2.29 bits per heavy atom. The molecule has 0 atom stereocenters. The van der Waals surface area contributed by atoms with E-state index in [1.54, 1.807) is 24.0 Å². The molecule has 0 saturated carbocycles. The minimum absolute atomic E-state index is 0.376. The van der Waals surface area contributed by atoms with E-state index in [-0.39, 0.29) is 0 Å². The van der Waals surface area contributed by atoms with Crippen molar-refractivity contribution < 1.29 is 9.90 Å². The van der Waals surface area contributed by atoms with E-state index in [2.05, 4.69) is 20.9 Å². The van der Waals surface area contributed by atoms with Crippen molar-refractivity contribution in [1.82, 2.24) is 4.98 Å². The third-order valence-electron chi connectivity index (χ3n) is 1.95. The summed E-state index contributed by atoms with van der Waals surface area (Å²) in [5.41, 5.74) is 0. The van der Waals surface area contributed by atoms with Crippen LogP contribution in [0, 0.1) is 0 Å². The SMILES string of the molecule is O=C(O)c1ccc(CSc2ncccc2Br)s1. The van der Waals surface area contributed by atoms with Gasteiger partial charge in [0.1, 0.15) is 9.90 Å². The molecule has 0 aliphatic rings. The number of nitrogens with zero attached hydrogens (tertiary/aromatic N) is 1. The maximum atomic E-state index is 10.7. The quantitative estimate of drug-likeness (QED) is 0.864. The predicted molar refractivity (Wildman–Crippen MR) is 72.8 cm³/mol. The van der Waals surface area contributed by atoms with E-state index in [0.29, 0.717) is 4.88 Å². The van der Waals surface area contributed by atoms with Crippen LogP contribution in [0.25, 0.3) is 0 Å². The summed E-state index contributed by atoms with van der Waals surface area (Å²) in [7, 11) is 0. The molecule has 0 spiro atoms. The zero-order valence-corrected chi connectivity index (χ0v) is 11.8. The maximum Gasteiger partial charge on any atom is 0.345 e. The Morgan fingerprint density at radius 3 is 2.94 bits per heavy atom. The van der Waals surface area contributed by atoms with Crippen molar-refractivity contribution in [2.75, 3.05) is 0 Å². The van der Waals surface area contributed by atoms with E-state index < -0.39 is 5.97 Å². The second-order valence-corrected chi connectivity index (χ2v) is 6.14. The summed E-state index contributed by atoms with van der Waals surface area (Å²) in [6, 6.07) is 7.28. The number of pyridine rings is 1. The second kappa shape index (κ2) is 5.66. The number of rotatable bonds is 4. The van der Waals surface area contributed by atoms with Crippen molar-refractivity contribution in [2.45, 2.75) is 10.8 Å². The first-order valence-corrected chi connectivity index (χ1v) is 7.31. The van der Waals surface area contributed by atoms with Crippen molar-refractivity contribution in [1.29, 1.82) is 0 Å². The van der Waals surface area contributed by atoms with Crippen LogP contribution in [0.1, 0.15) is 14.5 Å². The van der Waals surface area contributed by atoms with Crippen LogP contribution >= 0.6 is 39.0 Å². The van der Waals surface area contributed by atoms with Crippen molar-refractivity contribution in [3.8, 4) is 0 Å². The topological polar surface area (TPSA) is 50.2 Å². The highest BCUT2D eigenvalue weighted by Gasteiger charge is 2.08. The molecule has 2 heterocycles. The molecule has 2 aromatic rings. The van der Waals surface area contributed by atoms with E-state index in [1.807, 2.05) is 18.2 Å². The molecule has 0 radical (unpaired) electrons. The van der Waals surface area contributed by atoms with Crippen molar-refractivity contribution in [2.24, 2.45) is 0 Å². The zero-order valence-electron chi connectivity index (χ0n) is 8.59. The fourth-order valence-corrected chi connectivity index (χ4v) is 3.56. The molecule has 0 fully saturated rings. The molecule has 17 heavy (non-hydrogen) atoms. The van der Waals surface area contributed by atoms with E-state index in [0.717, 1.165) is 20.1 Å². The van der Waals surface area contributed by atoms with Crippen molar-refractivity contribution in [3.63, 3.8) is 0 Å². The molecular weight excluding hydrogens is 322 g/mol. The van der Waals surface area contributed by atoms with Gasteiger partial charge in [0.25, 0.3) is 0 Å². The number of thiophene rings is 1. The molecule has 0 unspecified atom stereocenters. The minimum Gasteiger partial charge on any atom is -0.477 e. The summed E-state index contributed by atoms with van der Waals surface area (Å²) >= 11 is 6.31. The molecule has 2 rings (SSSR count). The highest BCUT2D eigenvalue weighted by Crippen LogP contribution is 2.29. The molecule has 88 valence electrons. The van der Waals surface area contributed by atoms with Gasteiger partial charge in [0.2, 0.25) is 0 Å². The molecule has 2 aromatic heterocycles. The smallest absolute Gasteiger partial charge is 0.345 e. The molecule has 6 heteroatoms. The number of carboxylic acids is 1. The number of thioether (sulfide) groups is 1. The fraction of sp³-hybridized carbons (Fsp3) is 0.0909. The summed E-state index contributed by atoms with van der Waals surface area (Å²) in [6.45, 7) is 0. The molecule has 3 nitrogen and oxygen atoms in total. The second-order valence-electron chi connectivity index (χ2n) is 3.15. The first-order chi connectivity index (χ1) is 8.16. The Kier molecular flexibility index (Phi) is 4.20. The highest BCUT2D eigenvalue weighted by atomic mass is 79.9. The first kappa shape index (κ1) is 12.6. The molecule has 1 N–H and O–H groups in total. The molecule has 0 amide bonds. The lowest BCUT2D eigenvalue weighted by Gasteiger charge is -2.00. The number of aromatic nitrogens is 1. The molecule has 0 aliphatic heterocycles. The zero-order chi connectivity index (χ0) is 12.3. The van der Waals surface area contributed by atoms with Crippen LogP contribution in [0.3, 0.4) is 0 Å². The van der Waals surface area contributed by atoms with E-state index >= 15 is 0 Å². The van der Waals surface area contributed by atoms with E-state index in [1.165, 1.54) is 11.3 Å². The van der Waals surface area contributed by atoms with Crippen molar-refractivity contribution >= 4 is 45.0 Å². The third kappa shape index (κ3) is 3.31. The number of hydrogen-bond acceptors (Lipinski definition) is 4. The summed E-state index contributed by atoms with van der Waals surface area (Å²) in [4.78, 5) is 16.4. The highest BCUT2D eigenvalue weighted by molar-refractivity contribution is 9.10. The lowest BCUT2D eigenvalue weighted by molar-refractivity contribution is 0.0702. The normalized spacial score (nSPS) is 10.4. The monoisotopic (exact) mass is 329 g/mol. The van der Waals surface area contributed by atoms with Gasteiger partial charge in [0, 0.05) is 21.3 Å². The summed E-state index contributed by atoms with van der Waals surface area (Å²) in [5.74, 6) is -0.140. The fourth-order valence-electron chi connectivity index (χ4n) is 1.19. The van der Waals surface area contributed by atoms with Gasteiger partial charge in [-0.3, -0.25) is 0 Å². The lowest BCUT2D eigenvalue weighted by atomic mass is 10.4. The molecule has 0 bridgehead atoms. The summed E-state index contributed by atoms with van der Waals surface area (Å²) < 4.78 is 0.958. The minimum atomic E-state index is -0.870. The van der Waals surface area contributed by atoms with Gasteiger partial charge in [0.05, 0.1) is 0 Å². The van der Waals surface area contributed by atoms with Gasteiger partial charge in [-0.05, 0) is 40.2 Å². The average molecular weight is 330 g/mol. The number of hydrogen-bond donors (Lipinski definition) is 1. The van der Waals surface area contributed by atoms with Crippen LogP contribution in [0.5, 0.6) is 0 Å². The van der Waals surface area contributed by atoms with Crippen LogP contribution in [0.4, 0.5) is 0 Å². The van der Waals surface area contributed by atoms with Crippen LogP contribution in [0.15, 0.2) is 40.0 Å². The molecular formula is C11H8BrNO2S2. The van der Waals surface area contributed by atoms with E-state index in [4.69, 9.17) is 5.11 Å².